The molecule has 178 valence electrons. The number of nitrogens with zero attached hydrogens (tertiary/aromatic N) is 3. The second-order valence-corrected chi connectivity index (χ2v) is 8.71. The van der Waals surface area contributed by atoms with Crippen LogP contribution in [0.15, 0.2) is 54.9 Å². The zero-order valence-corrected chi connectivity index (χ0v) is 19.6. The number of carbonyl (C=O) groups is 2. The normalized spacial score (nSPS) is 17.9. The molecular formula is C26H29FN4O3. The zero-order chi connectivity index (χ0) is 24.2. The van der Waals surface area contributed by atoms with Gasteiger partial charge in [0, 0.05) is 35.7 Å². The van der Waals surface area contributed by atoms with Crippen molar-refractivity contribution < 1.29 is 18.7 Å². The second kappa shape index (κ2) is 10.1. The standard InChI is InChI=1S/C26H29FN4O3/c1-17-5-4-6-18(2)31(17)25(32)16-34-22-10-7-20(8-11-22)26(33)29-21-9-12-24(23(27)15-21)30-14-13-28-19(30)3/h7-15,17-18H,4-6,16H2,1-3H3,(H,29,33). The molecule has 34 heavy (non-hydrogen) atoms. The number of hydrogen-bond donors (Lipinski definition) is 1. The van der Waals surface area contributed by atoms with Crippen molar-refractivity contribution in [3.63, 3.8) is 0 Å². The molecule has 1 N–H and O–H groups in total. The summed E-state index contributed by atoms with van der Waals surface area (Å²) in [5, 5.41) is 2.70. The Labute approximate surface area is 198 Å². The number of aromatic nitrogens is 2. The zero-order valence-electron chi connectivity index (χ0n) is 19.6. The van der Waals surface area contributed by atoms with E-state index in [1.165, 1.54) is 6.07 Å². The van der Waals surface area contributed by atoms with Gasteiger partial charge in [-0.25, -0.2) is 9.37 Å². The summed E-state index contributed by atoms with van der Waals surface area (Å²) in [4.78, 5) is 31.2. The van der Waals surface area contributed by atoms with Crippen LogP contribution in [0.25, 0.3) is 5.69 Å². The molecule has 1 fully saturated rings. The van der Waals surface area contributed by atoms with E-state index in [0.717, 1.165) is 19.3 Å². The summed E-state index contributed by atoms with van der Waals surface area (Å²) in [5.74, 6) is 0.306. The molecule has 0 saturated carbocycles. The first-order valence-electron chi connectivity index (χ1n) is 11.5. The first kappa shape index (κ1) is 23.5. The van der Waals surface area contributed by atoms with Gasteiger partial charge >= 0.3 is 0 Å². The molecule has 7 nitrogen and oxygen atoms in total. The van der Waals surface area contributed by atoms with Crippen LogP contribution in [0.2, 0.25) is 0 Å². The monoisotopic (exact) mass is 464 g/mol. The minimum atomic E-state index is -0.468. The van der Waals surface area contributed by atoms with Gasteiger partial charge in [-0.05, 0) is 82.5 Å². The van der Waals surface area contributed by atoms with Crippen molar-refractivity contribution in [1.29, 1.82) is 0 Å². The van der Waals surface area contributed by atoms with Crippen molar-refractivity contribution in [3.05, 3.63) is 72.1 Å². The number of benzene rings is 2. The van der Waals surface area contributed by atoms with Crippen LogP contribution >= 0.6 is 0 Å². The van der Waals surface area contributed by atoms with Crippen LogP contribution in [0, 0.1) is 12.7 Å². The largest absolute Gasteiger partial charge is 0.484 e. The Morgan fingerprint density at radius 2 is 1.82 bits per heavy atom. The molecule has 1 aliphatic heterocycles. The number of piperidine rings is 1. The van der Waals surface area contributed by atoms with Gasteiger partial charge in [-0.3, -0.25) is 9.59 Å². The van der Waals surface area contributed by atoms with Crippen molar-refractivity contribution in [1.82, 2.24) is 14.5 Å². The van der Waals surface area contributed by atoms with Crippen LogP contribution < -0.4 is 10.1 Å². The summed E-state index contributed by atoms with van der Waals surface area (Å²) in [6, 6.07) is 11.5. The Kier molecular flexibility index (Phi) is 6.95. The Morgan fingerprint density at radius 1 is 1.12 bits per heavy atom. The van der Waals surface area contributed by atoms with Crippen molar-refractivity contribution in [2.45, 2.75) is 52.1 Å². The summed E-state index contributed by atoms with van der Waals surface area (Å²) in [6.07, 6.45) is 6.43. The lowest BCUT2D eigenvalue weighted by molar-refractivity contribution is -0.139. The fourth-order valence-electron chi connectivity index (χ4n) is 4.45. The number of aryl methyl sites for hydroxylation is 1. The van der Waals surface area contributed by atoms with Crippen LogP contribution in [0.5, 0.6) is 5.75 Å². The van der Waals surface area contributed by atoms with Gasteiger partial charge in [0.1, 0.15) is 17.4 Å². The van der Waals surface area contributed by atoms with Crippen molar-refractivity contribution >= 4 is 17.5 Å². The summed E-state index contributed by atoms with van der Waals surface area (Å²) >= 11 is 0. The molecule has 0 radical (unpaired) electrons. The van der Waals surface area contributed by atoms with Gasteiger partial charge in [-0.1, -0.05) is 0 Å². The van der Waals surface area contributed by atoms with Gasteiger partial charge in [-0.15, -0.1) is 0 Å². The molecule has 2 atom stereocenters. The molecule has 8 heteroatoms. The maximum Gasteiger partial charge on any atom is 0.260 e. The molecule has 1 saturated heterocycles. The molecule has 1 aliphatic rings. The van der Waals surface area contributed by atoms with Crippen LogP contribution in [-0.4, -0.2) is 45.0 Å². The first-order chi connectivity index (χ1) is 16.3. The predicted molar refractivity (Wildman–Crippen MR) is 128 cm³/mol. The molecular weight excluding hydrogens is 435 g/mol. The number of anilines is 1. The summed E-state index contributed by atoms with van der Waals surface area (Å²) in [7, 11) is 0. The fourth-order valence-corrected chi connectivity index (χ4v) is 4.45. The van der Waals surface area contributed by atoms with E-state index in [1.54, 1.807) is 60.3 Å². The Balaban J connectivity index is 1.35. The molecule has 4 rings (SSSR count). The highest BCUT2D eigenvalue weighted by atomic mass is 19.1. The van der Waals surface area contributed by atoms with E-state index in [-0.39, 0.29) is 30.5 Å². The molecule has 2 unspecified atom stereocenters. The summed E-state index contributed by atoms with van der Waals surface area (Å²) in [6.45, 7) is 5.88. The van der Waals surface area contributed by atoms with Gasteiger partial charge < -0.3 is 19.5 Å². The molecule has 0 aliphatic carbocycles. The molecule has 0 bridgehead atoms. The smallest absolute Gasteiger partial charge is 0.260 e. The Hall–Kier alpha value is -3.68. The summed E-state index contributed by atoms with van der Waals surface area (Å²) in [5.41, 5.74) is 1.10. The average molecular weight is 465 g/mol. The lowest BCUT2D eigenvalue weighted by Crippen LogP contribution is -2.49. The topological polar surface area (TPSA) is 76.5 Å². The van der Waals surface area contributed by atoms with Crippen molar-refractivity contribution in [3.8, 4) is 11.4 Å². The van der Waals surface area contributed by atoms with E-state index >= 15 is 0 Å². The van der Waals surface area contributed by atoms with Crippen molar-refractivity contribution in [2.24, 2.45) is 0 Å². The van der Waals surface area contributed by atoms with E-state index in [2.05, 4.69) is 24.1 Å². The lowest BCUT2D eigenvalue weighted by atomic mass is 9.97. The van der Waals surface area contributed by atoms with Gasteiger partial charge in [0.05, 0.1) is 5.69 Å². The van der Waals surface area contributed by atoms with Crippen molar-refractivity contribution in [2.75, 3.05) is 11.9 Å². The number of halogens is 1. The van der Waals surface area contributed by atoms with Gasteiger partial charge in [0.25, 0.3) is 11.8 Å². The second-order valence-electron chi connectivity index (χ2n) is 8.71. The maximum absolute atomic E-state index is 14.6. The molecule has 2 amide bonds. The van der Waals surface area contributed by atoms with Crippen LogP contribution in [0.3, 0.4) is 0 Å². The lowest BCUT2D eigenvalue weighted by Gasteiger charge is -2.38. The molecule has 2 heterocycles. The van der Waals surface area contributed by atoms with Crippen LogP contribution in [-0.2, 0) is 4.79 Å². The predicted octanol–water partition coefficient (Wildman–Crippen LogP) is 4.74. The van der Waals surface area contributed by atoms with E-state index in [4.69, 9.17) is 4.74 Å². The third-order valence-electron chi connectivity index (χ3n) is 6.25. The number of amides is 2. The SMILES string of the molecule is Cc1nccn1-c1ccc(NC(=O)c2ccc(OCC(=O)N3C(C)CCCC3C)cc2)cc1F. The number of ether oxygens (including phenoxy) is 1. The van der Waals surface area contributed by atoms with E-state index < -0.39 is 5.82 Å². The Bertz CT molecular complexity index is 1170. The maximum atomic E-state index is 14.6. The number of rotatable bonds is 6. The highest BCUT2D eigenvalue weighted by Crippen LogP contribution is 2.23. The third kappa shape index (κ3) is 5.11. The quantitative estimate of drug-likeness (QED) is 0.572. The van der Waals surface area contributed by atoms with Crippen LogP contribution in [0.4, 0.5) is 10.1 Å². The van der Waals surface area contributed by atoms with Crippen LogP contribution in [0.1, 0.15) is 49.3 Å². The highest BCUT2D eigenvalue weighted by molar-refractivity contribution is 6.04. The number of likely N-dealkylation sites (tertiary alicyclic amines) is 1. The van der Waals surface area contributed by atoms with E-state index in [9.17, 15) is 14.0 Å². The van der Waals surface area contributed by atoms with Gasteiger partial charge in [-0.2, -0.15) is 0 Å². The number of carbonyl (C=O) groups excluding carboxylic acids is 2. The molecule has 0 spiro atoms. The Morgan fingerprint density at radius 3 is 2.44 bits per heavy atom. The molecule has 2 aromatic carbocycles. The van der Waals surface area contributed by atoms with Gasteiger partial charge in [0.15, 0.2) is 6.61 Å². The number of nitrogens with one attached hydrogen (secondary N) is 1. The van der Waals surface area contributed by atoms with Gasteiger partial charge in [0.2, 0.25) is 0 Å². The minimum Gasteiger partial charge on any atom is -0.484 e. The third-order valence-corrected chi connectivity index (χ3v) is 6.25. The fraction of sp³-hybridized carbons (Fsp3) is 0.346. The van der Waals surface area contributed by atoms with E-state index in [1.807, 2.05) is 4.90 Å². The summed E-state index contributed by atoms with van der Waals surface area (Å²) < 4.78 is 21.9. The number of imidazole rings is 1. The minimum absolute atomic E-state index is 0.0297. The van der Waals surface area contributed by atoms with E-state index in [0.29, 0.717) is 28.5 Å². The average Bonchev–Trinajstić information content (AvgIpc) is 3.23. The molecule has 3 aromatic rings. The molecule has 1 aromatic heterocycles. The highest BCUT2D eigenvalue weighted by Gasteiger charge is 2.29. The first-order valence-corrected chi connectivity index (χ1v) is 11.5. The number of hydrogen-bond acceptors (Lipinski definition) is 4.